The third kappa shape index (κ3) is 10.3. The predicted octanol–water partition coefficient (Wildman–Crippen LogP) is 9.27. The van der Waals surface area contributed by atoms with E-state index in [-0.39, 0.29) is 16.8 Å². The number of benzene rings is 2. The molecule has 1 unspecified atom stereocenters. The van der Waals surface area contributed by atoms with Crippen molar-refractivity contribution in [2.45, 2.75) is 93.4 Å². The number of allylic oxidation sites excluding steroid dienone is 1. The van der Waals surface area contributed by atoms with Crippen LogP contribution in [0.15, 0.2) is 42.5 Å². The highest BCUT2D eigenvalue weighted by molar-refractivity contribution is 5.90. The van der Waals surface area contributed by atoms with Gasteiger partial charge in [-0.3, -0.25) is 4.79 Å². The third-order valence-electron chi connectivity index (χ3n) is 8.19. The fourth-order valence-electron chi connectivity index (χ4n) is 5.36. The van der Waals surface area contributed by atoms with Crippen LogP contribution in [0.25, 0.3) is 11.6 Å². The van der Waals surface area contributed by atoms with Crippen molar-refractivity contribution in [3.63, 3.8) is 0 Å². The standard InChI is InChI=1S/C37H51NO5/c1-35(2,3)27-37(7,36(4,5)6)34(39)43-21-13-11-9-8-10-12-20-40-31-17-15-29(16-18-31)30(26-38)24-28-14-19-32-33(25-28)42-23-22-41-32/h14-19,24-25H,8-13,20-23,27H2,1-7H3/b30-24+. The van der Waals surface area contributed by atoms with E-state index < -0.39 is 5.41 Å². The number of esters is 1. The first kappa shape index (κ1) is 34.0. The molecule has 0 spiro atoms. The fourth-order valence-corrected chi connectivity index (χ4v) is 5.36. The van der Waals surface area contributed by atoms with Gasteiger partial charge in [0.25, 0.3) is 0 Å². The molecule has 0 fully saturated rings. The summed E-state index contributed by atoms with van der Waals surface area (Å²) in [5.41, 5.74) is 1.70. The average Bonchev–Trinajstić information content (AvgIpc) is 2.95. The summed E-state index contributed by atoms with van der Waals surface area (Å²) in [6.45, 7) is 17.2. The van der Waals surface area contributed by atoms with E-state index in [4.69, 9.17) is 18.9 Å². The molecule has 2 aromatic rings. The summed E-state index contributed by atoms with van der Waals surface area (Å²) in [4.78, 5) is 13.0. The largest absolute Gasteiger partial charge is 0.494 e. The summed E-state index contributed by atoms with van der Waals surface area (Å²) in [7, 11) is 0. The molecule has 1 heterocycles. The Bertz CT molecular complexity index is 1260. The lowest BCUT2D eigenvalue weighted by molar-refractivity contribution is -0.164. The van der Waals surface area contributed by atoms with Gasteiger partial charge in [0.05, 0.1) is 30.3 Å². The summed E-state index contributed by atoms with van der Waals surface area (Å²) in [5, 5.41) is 9.74. The molecular weight excluding hydrogens is 538 g/mol. The number of ether oxygens (including phenoxy) is 4. The average molecular weight is 590 g/mol. The van der Waals surface area contributed by atoms with E-state index in [1.54, 1.807) is 0 Å². The fraction of sp³-hybridized carbons (Fsp3) is 0.568. The first-order chi connectivity index (χ1) is 20.3. The van der Waals surface area contributed by atoms with Gasteiger partial charge in [0.1, 0.15) is 19.0 Å². The quantitative estimate of drug-likeness (QED) is 0.0946. The van der Waals surface area contributed by atoms with Crippen LogP contribution in [0.4, 0.5) is 0 Å². The number of fused-ring (bicyclic) bond motifs is 1. The lowest BCUT2D eigenvalue weighted by Gasteiger charge is -2.43. The Morgan fingerprint density at radius 1 is 0.837 bits per heavy atom. The molecule has 0 N–H and O–H groups in total. The van der Waals surface area contributed by atoms with Gasteiger partial charge in [0.2, 0.25) is 0 Å². The van der Waals surface area contributed by atoms with Gasteiger partial charge in [-0.1, -0.05) is 73.3 Å². The number of rotatable bonds is 14. The third-order valence-corrected chi connectivity index (χ3v) is 8.19. The maximum absolute atomic E-state index is 13.0. The number of carbonyl (C=O) groups is 1. The van der Waals surface area contributed by atoms with Crippen molar-refractivity contribution in [3.05, 3.63) is 53.6 Å². The molecule has 0 saturated carbocycles. The van der Waals surface area contributed by atoms with Crippen LogP contribution in [0, 0.1) is 27.6 Å². The maximum atomic E-state index is 13.0. The molecule has 6 nitrogen and oxygen atoms in total. The van der Waals surface area contributed by atoms with Crippen molar-refractivity contribution < 1.29 is 23.7 Å². The van der Waals surface area contributed by atoms with Crippen molar-refractivity contribution >= 4 is 17.6 Å². The number of nitrogens with zero attached hydrogens (tertiary/aromatic N) is 1. The van der Waals surface area contributed by atoms with Gasteiger partial charge in [0, 0.05) is 0 Å². The molecule has 1 aliphatic rings. The van der Waals surface area contributed by atoms with E-state index in [0.29, 0.717) is 37.8 Å². The molecule has 1 atom stereocenters. The van der Waals surface area contributed by atoms with E-state index in [1.165, 1.54) is 0 Å². The zero-order valence-corrected chi connectivity index (χ0v) is 27.4. The van der Waals surface area contributed by atoms with Crippen LogP contribution in [-0.2, 0) is 9.53 Å². The first-order valence-electron chi connectivity index (χ1n) is 15.7. The molecule has 234 valence electrons. The van der Waals surface area contributed by atoms with E-state index in [9.17, 15) is 10.1 Å². The minimum atomic E-state index is -0.506. The number of unbranched alkanes of at least 4 members (excludes halogenated alkanes) is 5. The van der Waals surface area contributed by atoms with Gasteiger partial charge >= 0.3 is 5.97 Å². The summed E-state index contributed by atoms with van der Waals surface area (Å²) >= 11 is 0. The van der Waals surface area contributed by atoms with Crippen LogP contribution in [0.3, 0.4) is 0 Å². The number of nitriles is 1. The van der Waals surface area contributed by atoms with E-state index in [2.05, 4.69) is 54.5 Å². The Kier molecular flexibility index (Phi) is 12.1. The molecule has 0 saturated heterocycles. The van der Waals surface area contributed by atoms with E-state index >= 15 is 0 Å². The molecule has 0 bridgehead atoms. The van der Waals surface area contributed by atoms with Crippen molar-refractivity contribution in [1.29, 1.82) is 5.26 Å². The van der Waals surface area contributed by atoms with Crippen molar-refractivity contribution in [3.8, 4) is 23.3 Å². The van der Waals surface area contributed by atoms with Gasteiger partial charge in [-0.05, 0) is 90.6 Å². The van der Waals surface area contributed by atoms with Crippen LogP contribution in [0.2, 0.25) is 0 Å². The zero-order valence-electron chi connectivity index (χ0n) is 27.4. The topological polar surface area (TPSA) is 77.8 Å². The summed E-state index contributed by atoms with van der Waals surface area (Å²) in [5.74, 6) is 2.17. The second-order valence-electron chi connectivity index (χ2n) is 14.0. The van der Waals surface area contributed by atoms with Crippen LogP contribution in [0.1, 0.15) is 105 Å². The Morgan fingerprint density at radius 2 is 1.44 bits per heavy atom. The predicted molar refractivity (Wildman–Crippen MR) is 173 cm³/mol. The minimum Gasteiger partial charge on any atom is -0.494 e. The second-order valence-corrected chi connectivity index (χ2v) is 14.0. The van der Waals surface area contributed by atoms with Gasteiger partial charge in [-0.15, -0.1) is 0 Å². The highest BCUT2D eigenvalue weighted by Crippen LogP contribution is 2.47. The van der Waals surface area contributed by atoms with Gasteiger partial charge in [0.15, 0.2) is 11.5 Å². The van der Waals surface area contributed by atoms with Crippen LogP contribution in [0.5, 0.6) is 17.2 Å². The van der Waals surface area contributed by atoms with Crippen LogP contribution >= 0.6 is 0 Å². The molecule has 0 aliphatic carbocycles. The number of hydrogen-bond acceptors (Lipinski definition) is 6. The van der Waals surface area contributed by atoms with E-state index in [0.717, 1.165) is 67.6 Å². The first-order valence-corrected chi connectivity index (χ1v) is 15.7. The smallest absolute Gasteiger partial charge is 0.312 e. The normalized spacial score (nSPS) is 14.9. The van der Waals surface area contributed by atoms with Crippen LogP contribution in [-0.4, -0.2) is 32.4 Å². The van der Waals surface area contributed by atoms with Crippen molar-refractivity contribution in [1.82, 2.24) is 0 Å². The van der Waals surface area contributed by atoms with Gasteiger partial charge in [-0.25, -0.2) is 0 Å². The Labute approximate surface area is 259 Å². The second kappa shape index (κ2) is 15.3. The minimum absolute atomic E-state index is 0.0574. The molecule has 3 rings (SSSR count). The monoisotopic (exact) mass is 589 g/mol. The van der Waals surface area contributed by atoms with Crippen molar-refractivity contribution in [2.24, 2.45) is 16.2 Å². The molecule has 0 amide bonds. The molecule has 0 aromatic heterocycles. The Hall–Kier alpha value is -3.46. The zero-order chi connectivity index (χ0) is 31.5. The lowest BCUT2D eigenvalue weighted by Crippen LogP contribution is -2.44. The molecule has 43 heavy (non-hydrogen) atoms. The molecular formula is C37H51NO5. The SMILES string of the molecule is CC(C)(C)CC(C)(C(=O)OCCCCCCCCOc1ccc(/C(C#N)=C/c2ccc3c(c2)OCCO3)cc1)C(C)(C)C. The maximum Gasteiger partial charge on any atom is 0.312 e. The highest BCUT2D eigenvalue weighted by Gasteiger charge is 2.47. The van der Waals surface area contributed by atoms with Gasteiger partial charge < -0.3 is 18.9 Å². The van der Waals surface area contributed by atoms with E-state index in [1.807, 2.05) is 48.5 Å². The van der Waals surface area contributed by atoms with Crippen molar-refractivity contribution in [2.75, 3.05) is 26.4 Å². The lowest BCUT2D eigenvalue weighted by atomic mass is 9.61. The Morgan fingerprint density at radius 3 is 2.05 bits per heavy atom. The number of carbonyl (C=O) groups excluding carboxylic acids is 1. The molecule has 0 radical (unpaired) electrons. The van der Waals surface area contributed by atoms with Gasteiger partial charge in [-0.2, -0.15) is 5.26 Å². The summed E-state index contributed by atoms with van der Waals surface area (Å²) in [6.07, 6.45) is 8.96. The molecule has 2 aromatic carbocycles. The summed E-state index contributed by atoms with van der Waals surface area (Å²) < 4.78 is 22.9. The number of hydrogen-bond donors (Lipinski definition) is 0. The highest BCUT2D eigenvalue weighted by atomic mass is 16.6. The summed E-state index contributed by atoms with van der Waals surface area (Å²) in [6, 6.07) is 15.7. The molecule has 1 aliphatic heterocycles. The van der Waals surface area contributed by atoms with Crippen LogP contribution < -0.4 is 14.2 Å². The Balaban J connectivity index is 1.32. The molecule has 6 heteroatoms.